The minimum atomic E-state index is -0.422. The fourth-order valence-electron chi connectivity index (χ4n) is 3.19. The average Bonchev–Trinajstić information content (AvgIpc) is 3.39. The van der Waals surface area contributed by atoms with Crippen LogP contribution in [0.3, 0.4) is 0 Å². The van der Waals surface area contributed by atoms with Crippen LogP contribution in [0.1, 0.15) is 32.9 Å². The number of hydrogen-bond donors (Lipinski definition) is 1. The van der Waals surface area contributed by atoms with E-state index < -0.39 is 4.92 Å². The van der Waals surface area contributed by atoms with Crippen LogP contribution in [0.25, 0.3) is 11.3 Å². The van der Waals surface area contributed by atoms with Crippen LogP contribution in [0, 0.1) is 30.9 Å². The van der Waals surface area contributed by atoms with E-state index in [-0.39, 0.29) is 18.2 Å². The number of anilines is 1. The molecule has 2 aromatic carbocycles. The summed E-state index contributed by atoms with van der Waals surface area (Å²) in [5.74, 6) is 0.892. The van der Waals surface area contributed by atoms with Crippen molar-refractivity contribution in [1.82, 2.24) is 10.1 Å². The Labute approximate surface area is 193 Å². The highest BCUT2D eigenvalue weighted by molar-refractivity contribution is 7.14. The molecule has 2 aromatic heterocycles. The Balaban J connectivity index is 1.45. The van der Waals surface area contributed by atoms with E-state index in [0.717, 1.165) is 11.3 Å². The molecule has 168 valence electrons. The largest absolute Gasteiger partial charge is 0.489 e. The van der Waals surface area contributed by atoms with Gasteiger partial charge in [0.05, 0.1) is 21.9 Å². The number of nitro groups is 1. The Kier molecular flexibility index (Phi) is 6.18. The van der Waals surface area contributed by atoms with Crippen LogP contribution in [0.5, 0.6) is 5.75 Å². The summed E-state index contributed by atoms with van der Waals surface area (Å²) >= 11 is 1.24. The standard InChI is InChI=1S/C23H20N4O5S/c1-13-7-8-16(10-21(13)27(29)30)20-12-33-23(24-20)25-22(28)17-5-4-6-18(9-17)31-11-19-14(2)26-32-15(19)3/h4-10,12H,11H2,1-3H3,(H,24,25,28). The number of amides is 1. The number of aryl methyl sites for hydroxylation is 3. The molecule has 1 amide bonds. The molecule has 4 aromatic rings. The van der Waals surface area contributed by atoms with Crippen LogP contribution in [-0.4, -0.2) is 21.0 Å². The number of nitro benzene ring substituents is 1. The summed E-state index contributed by atoms with van der Waals surface area (Å²) in [7, 11) is 0. The number of benzene rings is 2. The minimum Gasteiger partial charge on any atom is -0.489 e. The summed E-state index contributed by atoms with van der Waals surface area (Å²) < 4.78 is 10.9. The average molecular weight is 465 g/mol. The number of hydrogen-bond acceptors (Lipinski definition) is 8. The number of rotatable bonds is 7. The van der Waals surface area contributed by atoms with Crippen LogP contribution >= 0.6 is 11.3 Å². The van der Waals surface area contributed by atoms with Crippen molar-refractivity contribution in [3.8, 4) is 17.0 Å². The van der Waals surface area contributed by atoms with Crippen molar-refractivity contribution < 1.29 is 19.0 Å². The van der Waals surface area contributed by atoms with Gasteiger partial charge in [0.1, 0.15) is 18.1 Å². The molecule has 0 aliphatic heterocycles. The molecular formula is C23H20N4O5S. The Hall–Kier alpha value is -4.05. The molecule has 0 saturated heterocycles. The second-order valence-corrected chi connectivity index (χ2v) is 8.23. The SMILES string of the molecule is Cc1ccc(-c2csc(NC(=O)c3cccc(OCc4c(C)noc4C)c3)n2)cc1[N+](=O)[O-]. The number of nitrogens with zero attached hydrogens (tertiary/aromatic N) is 3. The van der Waals surface area contributed by atoms with Gasteiger partial charge in [0.25, 0.3) is 11.6 Å². The highest BCUT2D eigenvalue weighted by Gasteiger charge is 2.15. The van der Waals surface area contributed by atoms with Crippen molar-refractivity contribution in [2.24, 2.45) is 0 Å². The first-order chi connectivity index (χ1) is 15.8. The van der Waals surface area contributed by atoms with Crippen molar-refractivity contribution in [2.45, 2.75) is 27.4 Å². The summed E-state index contributed by atoms with van der Waals surface area (Å²) in [5, 5.41) is 20.0. The third-order valence-corrected chi connectivity index (χ3v) is 5.84. The molecule has 4 rings (SSSR count). The zero-order valence-electron chi connectivity index (χ0n) is 18.1. The normalized spacial score (nSPS) is 10.8. The number of thiazole rings is 1. The summed E-state index contributed by atoms with van der Waals surface area (Å²) in [4.78, 5) is 27.9. The Morgan fingerprint density at radius 1 is 1.21 bits per heavy atom. The van der Waals surface area contributed by atoms with Gasteiger partial charge in [-0.25, -0.2) is 4.98 Å². The van der Waals surface area contributed by atoms with Gasteiger partial charge in [-0.2, -0.15) is 0 Å². The van der Waals surface area contributed by atoms with E-state index >= 15 is 0 Å². The highest BCUT2D eigenvalue weighted by Crippen LogP contribution is 2.29. The molecule has 9 nitrogen and oxygen atoms in total. The lowest BCUT2D eigenvalue weighted by Gasteiger charge is -2.08. The van der Waals surface area contributed by atoms with Gasteiger partial charge in [-0.3, -0.25) is 20.2 Å². The van der Waals surface area contributed by atoms with E-state index in [1.54, 1.807) is 48.7 Å². The Bertz CT molecular complexity index is 1320. The van der Waals surface area contributed by atoms with Gasteiger partial charge in [0, 0.05) is 28.1 Å². The maximum absolute atomic E-state index is 12.7. The van der Waals surface area contributed by atoms with Crippen LogP contribution in [0.2, 0.25) is 0 Å². The topological polar surface area (TPSA) is 120 Å². The molecular weight excluding hydrogens is 444 g/mol. The van der Waals surface area contributed by atoms with Gasteiger partial charge >= 0.3 is 0 Å². The van der Waals surface area contributed by atoms with Crippen molar-refractivity contribution in [2.75, 3.05) is 5.32 Å². The fourth-order valence-corrected chi connectivity index (χ4v) is 3.90. The van der Waals surface area contributed by atoms with Gasteiger partial charge in [-0.05, 0) is 39.0 Å². The summed E-state index contributed by atoms with van der Waals surface area (Å²) in [6, 6.07) is 11.7. The zero-order valence-corrected chi connectivity index (χ0v) is 18.9. The molecule has 0 atom stereocenters. The first kappa shape index (κ1) is 22.2. The van der Waals surface area contributed by atoms with E-state index in [9.17, 15) is 14.9 Å². The number of aromatic nitrogens is 2. The number of nitrogens with one attached hydrogen (secondary N) is 1. The second-order valence-electron chi connectivity index (χ2n) is 7.37. The number of carbonyl (C=O) groups is 1. The third kappa shape index (κ3) is 4.90. The van der Waals surface area contributed by atoms with E-state index in [0.29, 0.717) is 39.0 Å². The van der Waals surface area contributed by atoms with E-state index in [2.05, 4.69) is 15.5 Å². The van der Waals surface area contributed by atoms with E-state index in [1.165, 1.54) is 17.4 Å². The molecule has 0 radical (unpaired) electrons. The second kappa shape index (κ2) is 9.21. The van der Waals surface area contributed by atoms with Gasteiger partial charge in [0.2, 0.25) is 0 Å². The molecule has 0 bridgehead atoms. The van der Waals surface area contributed by atoms with E-state index in [4.69, 9.17) is 9.26 Å². The first-order valence-electron chi connectivity index (χ1n) is 9.98. The highest BCUT2D eigenvalue weighted by atomic mass is 32.1. The quantitative estimate of drug-likeness (QED) is 0.285. The maximum atomic E-state index is 12.7. The molecule has 0 fully saturated rings. The number of ether oxygens (including phenoxy) is 1. The molecule has 0 aliphatic rings. The van der Waals surface area contributed by atoms with Gasteiger partial charge < -0.3 is 9.26 Å². The van der Waals surface area contributed by atoms with E-state index in [1.807, 2.05) is 13.8 Å². The van der Waals surface area contributed by atoms with Crippen LogP contribution in [0.4, 0.5) is 10.8 Å². The summed E-state index contributed by atoms with van der Waals surface area (Å²) in [5.41, 5.74) is 3.81. The van der Waals surface area contributed by atoms with Crippen LogP contribution in [-0.2, 0) is 6.61 Å². The fraction of sp³-hybridized carbons (Fsp3) is 0.174. The lowest BCUT2D eigenvalue weighted by Crippen LogP contribution is -2.11. The predicted octanol–water partition coefficient (Wildman–Crippen LogP) is 5.46. The molecule has 10 heteroatoms. The smallest absolute Gasteiger partial charge is 0.272 e. The Morgan fingerprint density at radius 2 is 2.03 bits per heavy atom. The monoisotopic (exact) mass is 464 g/mol. The molecule has 0 saturated carbocycles. The summed E-state index contributed by atoms with van der Waals surface area (Å²) in [6.07, 6.45) is 0. The molecule has 0 spiro atoms. The van der Waals surface area contributed by atoms with Crippen molar-refractivity contribution in [1.29, 1.82) is 0 Å². The van der Waals surface area contributed by atoms with Crippen LogP contribution in [0.15, 0.2) is 52.4 Å². The Morgan fingerprint density at radius 3 is 2.76 bits per heavy atom. The number of carbonyl (C=O) groups excluding carboxylic acids is 1. The molecule has 0 aliphatic carbocycles. The van der Waals surface area contributed by atoms with Gasteiger partial charge in [-0.15, -0.1) is 11.3 Å². The van der Waals surface area contributed by atoms with Crippen molar-refractivity contribution >= 4 is 28.1 Å². The van der Waals surface area contributed by atoms with Crippen LogP contribution < -0.4 is 10.1 Å². The molecule has 1 N–H and O–H groups in total. The maximum Gasteiger partial charge on any atom is 0.272 e. The zero-order chi connectivity index (χ0) is 23.5. The predicted molar refractivity (Wildman–Crippen MR) is 124 cm³/mol. The lowest BCUT2D eigenvalue weighted by atomic mass is 10.1. The first-order valence-corrected chi connectivity index (χ1v) is 10.9. The lowest BCUT2D eigenvalue weighted by molar-refractivity contribution is -0.385. The van der Waals surface area contributed by atoms with Gasteiger partial charge in [-0.1, -0.05) is 23.4 Å². The third-order valence-electron chi connectivity index (χ3n) is 5.09. The minimum absolute atomic E-state index is 0.0273. The molecule has 33 heavy (non-hydrogen) atoms. The summed E-state index contributed by atoms with van der Waals surface area (Å²) in [6.45, 7) is 5.63. The van der Waals surface area contributed by atoms with Crippen molar-refractivity contribution in [3.05, 3.63) is 86.1 Å². The van der Waals surface area contributed by atoms with Gasteiger partial charge in [0.15, 0.2) is 5.13 Å². The molecule has 2 heterocycles. The van der Waals surface area contributed by atoms with Crippen molar-refractivity contribution in [3.63, 3.8) is 0 Å². The molecule has 0 unspecified atom stereocenters.